The predicted molar refractivity (Wildman–Crippen MR) is 73.9 cm³/mol. The maximum Gasteiger partial charge on any atom is 0.0115 e. The van der Waals surface area contributed by atoms with E-state index in [1.165, 1.54) is 11.1 Å². The van der Waals surface area contributed by atoms with Gasteiger partial charge in [0.25, 0.3) is 0 Å². The monoisotopic (exact) mass is 223 g/mol. The summed E-state index contributed by atoms with van der Waals surface area (Å²) in [5.41, 5.74) is 2.77. The lowest BCUT2D eigenvalue weighted by Gasteiger charge is -2.24. The van der Waals surface area contributed by atoms with Gasteiger partial charge in [-0.15, -0.1) is 0 Å². The molecule has 17 heavy (non-hydrogen) atoms. The van der Waals surface area contributed by atoms with Gasteiger partial charge >= 0.3 is 0 Å². The molecule has 0 aliphatic carbocycles. The van der Waals surface area contributed by atoms with Crippen molar-refractivity contribution in [1.82, 2.24) is 0 Å². The fourth-order valence-electron chi connectivity index (χ4n) is 2.34. The van der Waals surface area contributed by atoms with E-state index in [9.17, 15) is 0 Å². The molecular weight excluding hydrogens is 204 g/mol. The standard InChI is InChI=1S/C17H19/c1-3-14(2)17(15-10-6-4-7-11-15)16-12-8-5-9-13-16/h4-14,17H,1,3H2,2H3. The van der Waals surface area contributed by atoms with E-state index in [0.717, 1.165) is 6.42 Å². The second-order valence-corrected chi connectivity index (χ2v) is 4.56. The van der Waals surface area contributed by atoms with Crippen LogP contribution in [0.1, 0.15) is 30.4 Å². The minimum atomic E-state index is 0.454. The summed E-state index contributed by atoms with van der Waals surface area (Å²) in [5.74, 6) is 1.01. The molecule has 0 spiro atoms. The van der Waals surface area contributed by atoms with Crippen LogP contribution in [0.2, 0.25) is 0 Å². The summed E-state index contributed by atoms with van der Waals surface area (Å²) in [5, 5.41) is 0. The van der Waals surface area contributed by atoms with E-state index >= 15 is 0 Å². The molecule has 87 valence electrons. The van der Waals surface area contributed by atoms with Gasteiger partial charge in [0.1, 0.15) is 0 Å². The summed E-state index contributed by atoms with van der Waals surface area (Å²) < 4.78 is 0. The number of benzene rings is 2. The third kappa shape index (κ3) is 2.76. The van der Waals surface area contributed by atoms with Crippen molar-refractivity contribution in [3.05, 3.63) is 78.7 Å². The van der Waals surface area contributed by atoms with Gasteiger partial charge in [0.15, 0.2) is 0 Å². The number of hydrogen-bond donors (Lipinski definition) is 0. The Balaban J connectivity index is 2.39. The molecule has 1 radical (unpaired) electrons. The van der Waals surface area contributed by atoms with E-state index in [1.807, 2.05) is 0 Å². The van der Waals surface area contributed by atoms with Crippen molar-refractivity contribution < 1.29 is 0 Å². The predicted octanol–water partition coefficient (Wildman–Crippen LogP) is 4.68. The molecule has 0 saturated heterocycles. The zero-order valence-electron chi connectivity index (χ0n) is 10.3. The lowest BCUT2D eigenvalue weighted by molar-refractivity contribution is 0.517. The molecule has 0 saturated carbocycles. The summed E-state index contributed by atoms with van der Waals surface area (Å²) >= 11 is 0. The maximum atomic E-state index is 4.06. The Hall–Kier alpha value is -1.56. The summed E-state index contributed by atoms with van der Waals surface area (Å²) in [7, 11) is 0. The molecule has 0 aliphatic heterocycles. The van der Waals surface area contributed by atoms with E-state index in [1.54, 1.807) is 0 Å². The molecule has 2 aromatic rings. The summed E-state index contributed by atoms with van der Waals surface area (Å²) in [6.07, 6.45) is 0.953. The molecule has 1 unspecified atom stereocenters. The van der Waals surface area contributed by atoms with E-state index in [2.05, 4.69) is 74.5 Å². The average molecular weight is 223 g/mol. The summed E-state index contributed by atoms with van der Waals surface area (Å²) in [6, 6.07) is 21.4. The average Bonchev–Trinajstić information content (AvgIpc) is 2.41. The first-order valence-electron chi connectivity index (χ1n) is 6.22. The molecule has 0 heteroatoms. The van der Waals surface area contributed by atoms with Gasteiger partial charge in [-0.2, -0.15) is 0 Å². The maximum absolute atomic E-state index is 4.06. The van der Waals surface area contributed by atoms with E-state index in [0.29, 0.717) is 11.8 Å². The van der Waals surface area contributed by atoms with Gasteiger partial charge in [-0.05, 0) is 23.5 Å². The first-order chi connectivity index (χ1) is 8.33. The number of rotatable bonds is 4. The van der Waals surface area contributed by atoms with Crippen LogP contribution in [0.3, 0.4) is 0 Å². The second kappa shape index (κ2) is 5.67. The SMILES string of the molecule is [CH2]CC(C)C(c1ccccc1)c1ccccc1. The molecule has 0 bridgehead atoms. The first-order valence-corrected chi connectivity index (χ1v) is 6.22. The van der Waals surface area contributed by atoms with Crippen molar-refractivity contribution in [3.63, 3.8) is 0 Å². The van der Waals surface area contributed by atoms with Crippen molar-refractivity contribution in [2.45, 2.75) is 19.3 Å². The first kappa shape index (κ1) is 11.9. The van der Waals surface area contributed by atoms with Gasteiger partial charge in [0.2, 0.25) is 0 Å². The zero-order chi connectivity index (χ0) is 12.1. The fraction of sp³-hybridized carbons (Fsp3) is 0.235. The topological polar surface area (TPSA) is 0 Å². The highest BCUT2D eigenvalue weighted by molar-refractivity contribution is 5.33. The lowest BCUT2D eigenvalue weighted by atomic mass is 9.80. The Labute approximate surface area is 104 Å². The van der Waals surface area contributed by atoms with Crippen LogP contribution in [-0.4, -0.2) is 0 Å². The lowest BCUT2D eigenvalue weighted by Crippen LogP contribution is -2.10. The molecule has 2 rings (SSSR count). The highest BCUT2D eigenvalue weighted by Gasteiger charge is 2.19. The van der Waals surface area contributed by atoms with Crippen LogP contribution in [0.4, 0.5) is 0 Å². The Bertz CT molecular complexity index is 391. The highest BCUT2D eigenvalue weighted by atomic mass is 14.2. The minimum Gasteiger partial charge on any atom is -0.0622 e. The van der Waals surface area contributed by atoms with Crippen molar-refractivity contribution in [1.29, 1.82) is 0 Å². The molecule has 0 nitrogen and oxygen atoms in total. The van der Waals surface area contributed by atoms with Crippen molar-refractivity contribution in [3.8, 4) is 0 Å². The molecule has 0 fully saturated rings. The minimum absolute atomic E-state index is 0.454. The molecule has 0 amide bonds. The van der Waals surface area contributed by atoms with Gasteiger partial charge < -0.3 is 0 Å². The molecule has 0 aliphatic rings. The Kier molecular flexibility index (Phi) is 3.98. The normalized spacial score (nSPS) is 12.6. The van der Waals surface area contributed by atoms with E-state index in [-0.39, 0.29) is 0 Å². The summed E-state index contributed by atoms with van der Waals surface area (Å²) in [4.78, 5) is 0. The molecule has 0 aromatic heterocycles. The Morgan fingerprint density at radius 2 is 1.24 bits per heavy atom. The van der Waals surface area contributed by atoms with Crippen LogP contribution in [0.5, 0.6) is 0 Å². The molecule has 0 heterocycles. The zero-order valence-corrected chi connectivity index (χ0v) is 10.3. The van der Waals surface area contributed by atoms with E-state index in [4.69, 9.17) is 0 Å². The van der Waals surface area contributed by atoms with Crippen LogP contribution in [-0.2, 0) is 0 Å². The Morgan fingerprint density at radius 1 is 0.824 bits per heavy atom. The smallest absolute Gasteiger partial charge is 0.0115 e. The Morgan fingerprint density at radius 3 is 1.59 bits per heavy atom. The third-order valence-electron chi connectivity index (χ3n) is 3.34. The van der Waals surface area contributed by atoms with Crippen LogP contribution < -0.4 is 0 Å². The van der Waals surface area contributed by atoms with E-state index < -0.39 is 0 Å². The van der Waals surface area contributed by atoms with Gasteiger partial charge in [0.05, 0.1) is 0 Å². The largest absolute Gasteiger partial charge is 0.0622 e. The van der Waals surface area contributed by atoms with Crippen LogP contribution in [0, 0.1) is 12.8 Å². The van der Waals surface area contributed by atoms with Crippen LogP contribution >= 0.6 is 0 Å². The molecule has 1 atom stereocenters. The number of hydrogen-bond acceptors (Lipinski definition) is 0. The fourth-order valence-corrected chi connectivity index (χ4v) is 2.34. The van der Waals surface area contributed by atoms with Crippen molar-refractivity contribution in [2.75, 3.05) is 0 Å². The molecular formula is C17H19. The van der Waals surface area contributed by atoms with Gasteiger partial charge in [-0.3, -0.25) is 0 Å². The molecule has 0 N–H and O–H groups in total. The van der Waals surface area contributed by atoms with Crippen molar-refractivity contribution >= 4 is 0 Å². The van der Waals surface area contributed by atoms with Crippen LogP contribution in [0.25, 0.3) is 0 Å². The van der Waals surface area contributed by atoms with Crippen molar-refractivity contribution in [2.24, 2.45) is 5.92 Å². The second-order valence-electron chi connectivity index (χ2n) is 4.56. The van der Waals surface area contributed by atoms with Gasteiger partial charge in [-0.1, -0.05) is 74.5 Å². The van der Waals surface area contributed by atoms with Gasteiger partial charge in [0, 0.05) is 5.92 Å². The van der Waals surface area contributed by atoms with Gasteiger partial charge in [-0.25, -0.2) is 0 Å². The summed E-state index contributed by atoms with van der Waals surface area (Å²) in [6.45, 7) is 6.33. The molecule has 2 aromatic carbocycles. The third-order valence-corrected chi connectivity index (χ3v) is 3.34. The quantitative estimate of drug-likeness (QED) is 0.706. The highest BCUT2D eigenvalue weighted by Crippen LogP contribution is 2.33. The van der Waals surface area contributed by atoms with Crippen LogP contribution in [0.15, 0.2) is 60.7 Å².